The molecule has 144 valence electrons. The Morgan fingerprint density at radius 2 is 2.00 bits per heavy atom. The monoisotopic (exact) mass is 390 g/mol. The normalized spacial score (nSPS) is 11.0. The minimum Gasteiger partial charge on any atom is -0.503 e. The van der Waals surface area contributed by atoms with Crippen LogP contribution in [0, 0.1) is 5.92 Å². The van der Waals surface area contributed by atoms with Crippen molar-refractivity contribution in [3.63, 3.8) is 0 Å². The highest BCUT2D eigenvalue weighted by Crippen LogP contribution is 2.34. The third-order valence-corrected chi connectivity index (χ3v) is 4.02. The van der Waals surface area contributed by atoms with Crippen molar-refractivity contribution in [3.05, 3.63) is 52.5 Å². The summed E-state index contributed by atoms with van der Waals surface area (Å²) in [6.45, 7) is 4.92. The lowest BCUT2D eigenvalue weighted by Crippen LogP contribution is -2.17. The molecule has 0 aliphatic rings. The van der Waals surface area contributed by atoms with E-state index in [1.54, 1.807) is 30.3 Å². The molecule has 0 fully saturated rings. The van der Waals surface area contributed by atoms with Gasteiger partial charge in [0.25, 0.3) is 5.91 Å². The first-order valence-corrected chi connectivity index (χ1v) is 8.91. The Bertz CT molecular complexity index is 804. The van der Waals surface area contributed by atoms with Crippen LogP contribution in [0.3, 0.4) is 0 Å². The van der Waals surface area contributed by atoms with Gasteiger partial charge in [0.15, 0.2) is 11.5 Å². The van der Waals surface area contributed by atoms with E-state index in [0.29, 0.717) is 23.7 Å². The van der Waals surface area contributed by atoms with E-state index in [0.717, 1.165) is 12.2 Å². The van der Waals surface area contributed by atoms with Crippen molar-refractivity contribution in [2.45, 2.75) is 20.3 Å². The fraction of sp³-hybridized carbons (Fsp3) is 0.300. The van der Waals surface area contributed by atoms with Crippen LogP contribution >= 0.6 is 11.6 Å². The van der Waals surface area contributed by atoms with E-state index >= 15 is 0 Å². The molecular formula is C20H23ClN2O4. The van der Waals surface area contributed by atoms with Crippen LogP contribution in [0.2, 0.25) is 5.02 Å². The third kappa shape index (κ3) is 6.18. The molecule has 2 aromatic carbocycles. The van der Waals surface area contributed by atoms with Gasteiger partial charge in [-0.15, -0.1) is 0 Å². The molecule has 1 amide bonds. The Labute approximate surface area is 163 Å². The molecule has 0 saturated carbocycles. The fourth-order valence-corrected chi connectivity index (χ4v) is 2.39. The third-order valence-electron chi connectivity index (χ3n) is 3.73. The predicted octanol–water partition coefficient (Wildman–Crippen LogP) is 4.24. The number of phenols is 1. The van der Waals surface area contributed by atoms with Crippen molar-refractivity contribution < 1.29 is 19.4 Å². The number of carbonyl (C=O) groups is 1. The lowest BCUT2D eigenvalue weighted by molar-refractivity contribution is 0.0955. The van der Waals surface area contributed by atoms with E-state index in [2.05, 4.69) is 24.4 Å². The summed E-state index contributed by atoms with van der Waals surface area (Å²) in [5, 5.41) is 13.7. The molecule has 6 nitrogen and oxygen atoms in total. The number of carbonyl (C=O) groups excluding carboxylic acids is 1. The maximum Gasteiger partial charge on any atom is 0.271 e. The number of amides is 1. The van der Waals surface area contributed by atoms with Crippen LogP contribution in [-0.2, 0) is 0 Å². The predicted molar refractivity (Wildman–Crippen MR) is 106 cm³/mol. The van der Waals surface area contributed by atoms with Crippen molar-refractivity contribution in [2.75, 3.05) is 13.7 Å². The number of nitrogens with zero attached hydrogens (tertiary/aromatic N) is 1. The van der Waals surface area contributed by atoms with Gasteiger partial charge in [0.05, 0.1) is 25.0 Å². The Morgan fingerprint density at radius 3 is 2.63 bits per heavy atom. The van der Waals surface area contributed by atoms with Gasteiger partial charge in [0, 0.05) is 5.56 Å². The topological polar surface area (TPSA) is 80.2 Å². The molecule has 0 bridgehead atoms. The number of ether oxygens (including phenoxy) is 2. The van der Waals surface area contributed by atoms with E-state index in [1.807, 2.05) is 0 Å². The number of hydrogen-bond acceptors (Lipinski definition) is 5. The molecule has 0 saturated heterocycles. The Hall–Kier alpha value is -2.73. The van der Waals surface area contributed by atoms with Crippen molar-refractivity contribution in [1.82, 2.24) is 5.43 Å². The number of hydrazone groups is 1. The second kappa shape index (κ2) is 9.83. The summed E-state index contributed by atoms with van der Waals surface area (Å²) in [4.78, 5) is 12.1. The number of nitrogens with one attached hydrogen (secondary N) is 1. The van der Waals surface area contributed by atoms with E-state index in [1.165, 1.54) is 19.4 Å². The highest BCUT2D eigenvalue weighted by molar-refractivity contribution is 6.32. The first-order chi connectivity index (χ1) is 12.9. The second-order valence-electron chi connectivity index (χ2n) is 6.31. The van der Waals surface area contributed by atoms with Gasteiger partial charge in [0.1, 0.15) is 5.75 Å². The number of benzene rings is 2. The van der Waals surface area contributed by atoms with Crippen LogP contribution in [-0.4, -0.2) is 30.9 Å². The number of halogens is 1. The molecule has 27 heavy (non-hydrogen) atoms. The molecule has 0 aliphatic carbocycles. The lowest BCUT2D eigenvalue weighted by Gasteiger charge is -2.08. The summed E-state index contributed by atoms with van der Waals surface area (Å²) >= 11 is 5.91. The molecule has 0 aromatic heterocycles. The standard InChI is InChI=1S/C20H23ClN2O4/c1-13(2)8-9-27-16-6-4-15(5-7-16)20(25)23-22-12-14-10-17(21)19(24)18(11-14)26-3/h4-7,10-13,24H,8-9H2,1-3H3,(H,23,25)/b22-12+. The second-order valence-corrected chi connectivity index (χ2v) is 6.72. The molecule has 0 spiro atoms. The molecule has 0 radical (unpaired) electrons. The average molecular weight is 391 g/mol. The van der Waals surface area contributed by atoms with Gasteiger partial charge in [-0.3, -0.25) is 4.79 Å². The summed E-state index contributed by atoms with van der Waals surface area (Å²) in [6.07, 6.45) is 2.39. The summed E-state index contributed by atoms with van der Waals surface area (Å²) in [5.74, 6) is 1.04. The van der Waals surface area contributed by atoms with Crippen LogP contribution in [0.25, 0.3) is 0 Å². The minimum absolute atomic E-state index is 0.134. The van der Waals surface area contributed by atoms with Crippen LogP contribution in [0.15, 0.2) is 41.5 Å². The van der Waals surface area contributed by atoms with Crippen LogP contribution in [0.5, 0.6) is 17.2 Å². The van der Waals surface area contributed by atoms with Crippen molar-refractivity contribution in [2.24, 2.45) is 11.0 Å². The smallest absolute Gasteiger partial charge is 0.271 e. The van der Waals surface area contributed by atoms with Gasteiger partial charge in [-0.25, -0.2) is 5.43 Å². The van der Waals surface area contributed by atoms with E-state index < -0.39 is 0 Å². The Balaban J connectivity index is 1.93. The molecule has 0 aliphatic heterocycles. The number of hydrogen-bond donors (Lipinski definition) is 2. The molecule has 2 rings (SSSR count). The number of methoxy groups -OCH3 is 1. The first kappa shape index (κ1) is 20.6. The van der Waals surface area contributed by atoms with Gasteiger partial charge < -0.3 is 14.6 Å². The maximum absolute atomic E-state index is 12.1. The summed E-state index contributed by atoms with van der Waals surface area (Å²) in [7, 11) is 1.42. The quantitative estimate of drug-likeness (QED) is 0.521. The minimum atomic E-state index is -0.350. The average Bonchev–Trinajstić information content (AvgIpc) is 2.64. The molecule has 0 heterocycles. The summed E-state index contributed by atoms with van der Waals surface area (Å²) < 4.78 is 10.6. The number of phenolic OH excluding ortho intramolecular Hbond substituents is 1. The van der Waals surface area contributed by atoms with Crippen LogP contribution in [0.1, 0.15) is 36.2 Å². The van der Waals surface area contributed by atoms with Gasteiger partial charge in [-0.05, 0) is 54.3 Å². The number of rotatable bonds is 8. The zero-order valence-electron chi connectivity index (χ0n) is 15.5. The first-order valence-electron chi connectivity index (χ1n) is 8.53. The van der Waals surface area contributed by atoms with E-state index in [9.17, 15) is 9.90 Å². The van der Waals surface area contributed by atoms with Crippen LogP contribution in [0.4, 0.5) is 0 Å². The Morgan fingerprint density at radius 1 is 1.30 bits per heavy atom. The molecule has 0 unspecified atom stereocenters. The zero-order valence-corrected chi connectivity index (χ0v) is 16.3. The van der Waals surface area contributed by atoms with Crippen molar-refractivity contribution in [1.29, 1.82) is 0 Å². The largest absolute Gasteiger partial charge is 0.503 e. The van der Waals surface area contributed by atoms with Crippen LogP contribution < -0.4 is 14.9 Å². The molecule has 2 N–H and O–H groups in total. The molecule has 2 aromatic rings. The SMILES string of the molecule is COc1cc(/C=N/NC(=O)c2ccc(OCCC(C)C)cc2)cc(Cl)c1O. The fourth-order valence-electron chi connectivity index (χ4n) is 2.17. The highest BCUT2D eigenvalue weighted by Gasteiger charge is 2.08. The summed E-state index contributed by atoms with van der Waals surface area (Å²) in [5.41, 5.74) is 3.48. The van der Waals surface area contributed by atoms with Crippen molar-refractivity contribution >= 4 is 23.7 Å². The summed E-state index contributed by atoms with van der Waals surface area (Å²) in [6, 6.07) is 9.93. The Kier molecular flexibility index (Phi) is 7.49. The van der Waals surface area contributed by atoms with Gasteiger partial charge in [0.2, 0.25) is 0 Å². The van der Waals surface area contributed by atoms with Gasteiger partial charge in [-0.2, -0.15) is 5.10 Å². The zero-order chi connectivity index (χ0) is 19.8. The van der Waals surface area contributed by atoms with E-state index in [4.69, 9.17) is 21.1 Å². The maximum atomic E-state index is 12.1. The van der Waals surface area contributed by atoms with E-state index in [-0.39, 0.29) is 22.4 Å². The van der Waals surface area contributed by atoms with Crippen molar-refractivity contribution in [3.8, 4) is 17.2 Å². The molecular weight excluding hydrogens is 368 g/mol. The molecule has 7 heteroatoms. The lowest BCUT2D eigenvalue weighted by atomic mass is 10.1. The van der Waals surface area contributed by atoms with Gasteiger partial charge >= 0.3 is 0 Å². The highest BCUT2D eigenvalue weighted by atomic mass is 35.5. The van der Waals surface area contributed by atoms with Gasteiger partial charge in [-0.1, -0.05) is 25.4 Å². The molecule has 0 atom stereocenters. The number of aromatic hydroxyl groups is 1.